The van der Waals surface area contributed by atoms with Gasteiger partial charge in [0.2, 0.25) is 0 Å². The van der Waals surface area contributed by atoms with Gasteiger partial charge in [0.05, 0.1) is 17.0 Å². The molecule has 1 heterocycles. The van der Waals surface area contributed by atoms with Crippen LogP contribution in [0.1, 0.15) is 17.9 Å². The molecule has 4 heteroatoms. The van der Waals surface area contributed by atoms with E-state index >= 15 is 0 Å². The van der Waals surface area contributed by atoms with Gasteiger partial charge in [-0.2, -0.15) is 0 Å². The van der Waals surface area contributed by atoms with Gasteiger partial charge in [-0.05, 0) is 46.0 Å². The van der Waals surface area contributed by atoms with Crippen molar-refractivity contribution in [3.8, 4) is 0 Å². The van der Waals surface area contributed by atoms with Crippen LogP contribution < -0.4 is 0 Å². The summed E-state index contributed by atoms with van der Waals surface area (Å²) >= 11 is 3.12. The summed E-state index contributed by atoms with van der Waals surface area (Å²) in [6, 6.07) is 4.60. The Morgan fingerprint density at radius 1 is 1.53 bits per heavy atom. The number of rotatable bonds is 2. The molecule has 0 amide bonds. The Balaban J connectivity index is 2.37. The smallest absolute Gasteiger partial charge is 0.314 e. The Kier molecular flexibility index (Phi) is 3.62. The minimum Gasteiger partial charge on any atom is -0.465 e. The first kappa shape index (κ1) is 12.3. The molecule has 0 aromatic heterocycles. The number of esters is 1. The number of hydrogen-bond acceptors (Lipinski definition) is 2. The highest BCUT2D eigenvalue weighted by Gasteiger charge is 2.33. The standard InChI is InChI=1S/C13H12BrFO2/c1-2-8-5-6-17-13(16)12(8)9-3-4-11(15)10(14)7-9/h2-4,7-8,12H,1,5-6H2. The fourth-order valence-corrected chi connectivity index (χ4v) is 2.47. The van der Waals surface area contributed by atoms with E-state index in [9.17, 15) is 9.18 Å². The molecule has 1 aromatic rings. The second-order valence-electron chi connectivity index (χ2n) is 4.01. The summed E-state index contributed by atoms with van der Waals surface area (Å²) in [6.07, 6.45) is 2.53. The number of hydrogen-bond donors (Lipinski definition) is 0. The molecule has 0 radical (unpaired) electrons. The summed E-state index contributed by atoms with van der Waals surface area (Å²) in [4.78, 5) is 11.8. The fraction of sp³-hybridized carbons (Fsp3) is 0.308. The van der Waals surface area contributed by atoms with E-state index in [2.05, 4.69) is 22.5 Å². The van der Waals surface area contributed by atoms with E-state index in [4.69, 9.17) is 4.74 Å². The van der Waals surface area contributed by atoms with Crippen LogP contribution in [0.25, 0.3) is 0 Å². The first-order valence-corrected chi connectivity index (χ1v) is 6.17. The van der Waals surface area contributed by atoms with Gasteiger partial charge >= 0.3 is 5.97 Å². The van der Waals surface area contributed by atoms with Crippen LogP contribution in [-0.2, 0) is 9.53 Å². The highest BCUT2D eigenvalue weighted by molar-refractivity contribution is 9.10. The number of halogens is 2. The molecule has 1 aromatic carbocycles. The van der Waals surface area contributed by atoms with Gasteiger partial charge < -0.3 is 4.74 Å². The van der Waals surface area contributed by atoms with E-state index in [0.717, 1.165) is 12.0 Å². The van der Waals surface area contributed by atoms with Gasteiger partial charge in [-0.3, -0.25) is 4.79 Å². The van der Waals surface area contributed by atoms with Crippen molar-refractivity contribution in [2.24, 2.45) is 5.92 Å². The molecule has 0 bridgehead atoms. The van der Waals surface area contributed by atoms with Crippen molar-refractivity contribution in [1.82, 2.24) is 0 Å². The number of benzene rings is 1. The molecule has 90 valence electrons. The van der Waals surface area contributed by atoms with Crippen molar-refractivity contribution >= 4 is 21.9 Å². The molecule has 2 unspecified atom stereocenters. The maximum atomic E-state index is 13.2. The van der Waals surface area contributed by atoms with Crippen molar-refractivity contribution in [3.63, 3.8) is 0 Å². The minimum absolute atomic E-state index is 0.0496. The van der Waals surface area contributed by atoms with E-state index in [1.54, 1.807) is 18.2 Å². The number of allylic oxidation sites excluding steroid dienone is 1. The molecule has 2 rings (SSSR count). The van der Waals surface area contributed by atoms with E-state index in [0.29, 0.717) is 11.1 Å². The molecule has 1 fully saturated rings. The Morgan fingerprint density at radius 2 is 2.29 bits per heavy atom. The predicted octanol–water partition coefficient (Wildman–Crippen LogP) is 3.42. The van der Waals surface area contributed by atoms with Gasteiger partial charge in [0.25, 0.3) is 0 Å². The van der Waals surface area contributed by atoms with Gasteiger partial charge in [0.1, 0.15) is 5.82 Å². The largest absolute Gasteiger partial charge is 0.465 e. The average molecular weight is 299 g/mol. The quantitative estimate of drug-likeness (QED) is 0.618. The van der Waals surface area contributed by atoms with Crippen LogP contribution in [0, 0.1) is 11.7 Å². The molecule has 17 heavy (non-hydrogen) atoms. The minimum atomic E-state index is -0.377. The maximum absolute atomic E-state index is 13.2. The highest BCUT2D eigenvalue weighted by Crippen LogP contribution is 2.34. The third kappa shape index (κ3) is 2.41. The molecule has 0 N–H and O–H groups in total. The summed E-state index contributed by atoms with van der Waals surface area (Å²) in [5, 5.41) is 0. The molecular formula is C13H12BrFO2. The summed E-state index contributed by atoms with van der Waals surface area (Å²) < 4.78 is 18.6. The van der Waals surface area contributed by atoms with Gasteiger partial charge in [-0.25, -0.2) is 4.39 Å². The van der Waals surface area contributed by atoms with Crippen LogP contribution in [0.3, 0.4) is 0 Å². The van der Waals surface area contributed by atoms with E-state index in [1.165, 1.54) is 6.07 Å². The number of carbonyl (C=O) groups is 1. The molecule has 0 aliphatic carbocycles. The molecule has 2 atom stereocenters. The number of cyclic esters (lactones) is 1. The molecule has 1 aliphatic rings. The molecule has 1 saturated heterocycles. The summed E-state index contributed by atoms with van der Waals surface area (Å²) in [6.45, 7) is 4.17. The topological polar surface area (TPSA) is 26.3 Å². The van der Waals surface area contributed by atoms with Gasteiger partial charge in [0.15, 0.2) is 0 Å². The number of carbonyl (C=O) groups excluding carboxylic acids is 1. The zero-order valence-electron chi connectivity index (χ0n) is 9.16. The zero-order valence-corrected chi connectivity index (χ0v) is 10.7. The fourth-order valence-electron chi connectivity index (χ4n) is 2.07. The molecule has 0 saturated carbocycles. The Morgan fingerprint density at radius 3 is 2.94 bits per heavy atom. The highest BCUT2D eigenvalue weighted by atomic mass is 79.9. The molecular weight excluding hydrogens is 287 g/mol. The number of ether oxygens (including phenoxy) is 1. The first-order chi connectivity index (χ1) is 8.13. The van der Waals surface area contributed by atoms with Crippen LogP contribution >= 0.6 is 15.9 Å². The van der Waals surface area contributed by atoms with Crippen molar-refractivity contribution in [3.05, 3.63) is 46.7 Å². The Hall–Kier alpha value is -1.16. The molecule has 1 aliphatic heterocycles. The van der Waals surface area contributed by atoms with E-state index in [1.807, 2.05) is 0 Å². The normalized spacial score (nSPS) is 24.2. The van der Waals surface area contributed by atoms with E-state index in [-0.39, 0.29) is 23.6 Å². The Bertz CT molecular complexity index is 459. The first-order valence-electron chi connectivity index (χ1n) is 5.37. The second kappa shape index (κ2) is 5.00. The second-order valence-corrected chi connectivity index (χ2v) is 4.86. The van der Waals surface area contributed by atoms with Crippen molar-refractivity contribution in [1.29, 1.82) is 0 Å². The Labute approximate surface area is 108 Å². The maximum Gasteiger partial charge on any atom is 0.314 e. The van der Waals surface area contributed by atoms with Crippen LogP contribution in [0.15, 0.2) is 35.3 Å². The van der Waals surface area contributed by atoms with Crippen molar-refractivity contribution in [2.75, 3.05) is 6.61 Å². The third-order valence-corrected chi connectivity index (χ3v) is 3.59. The lowest BCUT2D eigenvalue weighted by Gasteiger charge is -2.28. The third-order valence-electron chi connectivity index (χ3n) is 2.98. The summed E-state index contributed by atoms with van der Waals surface area (Å²) in [5.74, 6) is -0.931. The van der Waals surface area contributed by atoms with Crippen molar-refractivity contribution < 1.29 is 13.9 Å². The predicted molar refractivity (Wildman–Crippen MR) is 66.1 cm³/mol. The van der Waals surface area contributed by atoms with E-state index < -0.39 is 0 Å². The lowest BCUT2D eigenvalue weighted by atomic mass is 9.83. The molecule has 0 spiro atoms. The van der Waals surface area contributed by atoms with Crippen LogP contribution in [0.4, 0.5) is 4.39 Å². The SMILES string of the molecule is C=CC1CCOC(=O)C1c1ccc(F)c(Br)c1. The zero-order chi connectivity index (χ0) is 12.4. The monoisotopic (exact) mass is 298 g/mol. The average Bonchev–Trinajstić information content (AvgIpc) is 2.32. The van der Waals surface area contributed by atoms with Crippen molar-refractivity contribution in [2.45, 2.75) is 12.3 Å². The van der Waals surface area contributed by atoms with Gasteiger partial charge in [-0.15, -0.1) is 6.58 Å². The van der Waals surface area contributed by atoms with Gasteiger partial charge in [-0.1, -0.05) is 12.1 Å². The molecule has 2 nitrogen and oxygen atoms in total. The lowest BCUT2D eigenvalue weighted by Crippen LogP contribution is -2.29. The lowest BCUT2D eigenvalue weighted by molar-refractivity contribution is -0.150. The summed E-state index contributed by atoms with van der Waals surface area (Å²) in [5.41, 5.74) is 0.757. The van der Waals surface area contributed by atoms with Gasteiger partial charge in [0, 0.05) is 0 Å². The van der Waals surface area contributed by atoms with Crippen LogP contribution in [0.2, 0.25) is 0 Å². The van der Waals surface area contributed by atoms with Crippen LogP contribution in [0.5, 0.6) is 0 Å². The van der Waals surface area contributed by atoms with Crippen LogP contribution in [-0.4, -0.2) is 12.6 Å². The summed E-state index contributed by atoms with van der Waals surface area (Å²) in [7, 11) is 0.